The summed E-state index contributed by atoms with van der Waals surface area (Å²) in [6.07, 6.45) is 0.295. The minimum absolute atomic E-state index is 0.0381. The first kappa shape index (κ1) is 20.3. The number of anilines is 2. The molecule has 0 aliphatic rings. The van der Waals surface area contributed by atoms with Gasteiger partial charge in [-0.05, 0) is 43.7 Å². The van der Waals surface area contributed by atoms with Gasteiger partial charge in [0.2, 0.25) is 0 Å². The van der Waals surface area contributed by atoms with Crippen molar-refractivity contribution in [1.82, 2.24) is 25.0 Å². The van der Waals surface area contributed by atoms with E-state index >= 15 is 0 Å². The predicted octanol–water partition coefficient (Wildman–Crippen LogP) is 3.39. The predicted molar refractivity (Wildman–Crippen MR) is 101 cm³/mol. The monoisotopic (exact) mass is 399 g/mol. The largest absolute Gasteiger partial charge is 0.387 e. The first-order valence-corrected chi connectivity index (χ1v) is 8.75. The molecule has 2 N–H and O–H groups in total. The van der Waals surface area contributed by atoms with Crippen LogP contribution in [-0.4, -0.2) is 35.7 Å². The molecule has 0 aliphatic carbocycles. The Morgan fingerprint density at radius 1 is 1.28 bits per heavy atom. The van der Waals surface area contributed by atoms with Gasteiger partial charge in [-0.3, -0.25) is 0 Å². The standard InChI is InChI=1S/C19H19F2N7O/c1-12-7-14(15-10-28(27-26-15)11-19(2,29)4-5-22)24-17(8-12)25-16-9-13(18(20)21)3-6-23-16/h3,6-10,18,29H,4,11H2,1-2H3,(H,23,24,25)/t19-/m0/s1. The van der Waals surface area contributed by atoms with Gasteiger partial charge < -0.3 is 10.4 Å². The van der Waals surface area contributed by atoms with Gasteiger partial charge >= 0.3 is 0 Å². The second kappa shape index (κ2) is 8.28. The van der Waals surface area contributed by atoms with Gasteiger partial charge in [0.05, 0.1) is 36.5 Å². The third kappa shape index (κ3) is 5.30. The minimum atomic E-state index is -2.59. The van der Waals surface area contributed by atoms with Crippen molar-refractivity contribution in [3.05, 3.63) is 47.8 Å². The topological polar surface area (TPSA) is 113 Å². The zero-order valence-corrected chi connectivity index (χ0v) is 15.8. The molecule has 3 aromatic rings. The summed E-state index contributed by atoms with van der Waals surface area (Å²) >= 11 is 0. The number of halogens is 2. The fourth-order valence-electron chi connectivity index (χ4n) is 2.71. The summed E-state index contributed by atoms with van der Waals surface area (Å²) in [5.74, 6) is 0.674. The van der Waals surface area contributed by atoms with Crippen molar-refractivity contribution in [3.63, 3.8) is 0 Å². The number of pyridine rings is 2. The van der Waals surface area contributed by atoms with Gasteiger partial charge in [-0.15, -0.1) is 5.10 Å². The number of alkyl halides is 2. The van der Waals surface area contributed by atoms with Crippen LogP contribution in [0.2, 0.25) is 0 Å². The lowest BCUT2D eigenvalue weighted by atomic mass is 10.0. The normalized spacial score (nSPS) is 13.1. The number of aryl methyl sites for hydroxylation is 1. The van der Waals surface area contributed by atoms with Crippen LogP contribution in [-0.2, 0) is 6.54 Å². The molecule has 0 amide bonds. The Morgan fingerprint density at radius 3 is 2.79 bits per heavy atom. The smallest absolute Gasteiger partial charge is 0.264 e. The van der Waals surface area contributed by atoms with Crippen molar-refractivity contribution >= 4 is 11.6 Å². The Hall–Kier alpha value is -3.45. The molecule has 0 aliphatic heterocycles. The number of aromatic nitrogens is 5. The first-order valence-electron chi connectivity index (χ1n) is 8.75. The molecule has 0 spiro atoms. The van der Waals surface area contributed by atoms with Crippen LogP contribution in [0.4, 0.5) is 20.4 Å². The molecule has 0 saturated carbocycles. The number of aliphatic hydroxyl groups is 1. The van der Waals surface area contributed by atoms with Crippen molar-refractivity contribution < 1.29 is 13.9 Å². The summed E-state index contributed by atoms with van der Waals surface area (Å²) in [5, 5.41) is 29.9. The molecule has 0 radical (unpaired) electrons. The molecular formula is C19H19F2N7O. The third-order valence-corrected chi connectivity index (χ3v) is 4.03. The van der Waals surface area contributed by atoms with Crippen LogP contribution in [0.25, 0.3) is 11.4 Å². The van der Waals surface area contributed by atoms with E-state index in [1.54, 1.807) is 25.3 Å². The van der Waals surface area contributed by atoms with Gasteiger partial charge in [-0.25, -0.2) is 23.4 Å². The van der Waals surface area contributed by atoms with Crippen LogP contribution in [0.5, 0.6) is 0 Å². The number of hydrogen-bond donors (Lipinski definition) is 2. The van der Waals surface area contributed by atoms with Gasteiger partial charge in [0.15, 0.2) is 0 Å². The first-order chi connectivity index (χ1) is 13.8. The summed E-state index contributed by atoms with van der Waals surface area (Å²) in [6, 6.07) is 8.00. The van der Waals surface area contributed by atoms with Crippen molar-refractivity contribution in [3.8, 4) is 17.5 Å². The number of nitrogens with one attached hydrogen (secondary N) is 1. The van der Waals surface area contributed by atoms with E-state index in [0.29, 0.717) is 17.2 Å². The maximum absolute atomic E-state index is 12.9. The zero-order valence-electron chi connectivity index (χ0n) is 15.8. The molecule has 3 aromatic heterocycles. The van der Waals surface area contributed by atoms with Crippen LogP contribution in [0.3, 0.4) is 0 Å². The van der Waals surface area contributed by atoms with Crippen LogP contribution >= 0.6 is 0 Å². The third-order valence-electron chi connectivity index (χ3n) is 4.03. The number of nitriles is 1. The molecule has 0 bridgehead atoms. The SMILES string of the molecule is Cc1cc(Nc2cc(C(F)F)ccn2)nc(-c2cn(C[C@@](C)(O)CC#N)nn2)c1. The average Bonchev–Trinajstić information content (AvgIpc) is 3.09. The summed E-state index contributed by atoms with van der Waals surface area (Å²) in [4.78, 5) is 8.49. The Balaban J connectivity index is 1.83. The molecule has 3 rings (SSSR count). The van der Waals surface area contributed by atoms with E-state index in [4.69, 9.17) is 5.26 Å². The lowest BCUT2D eigenvalue weighted by molar-refractivity contribution is 0.0424. The maximum Gasteiger partial charge on any atom is 0.264 e. The van der Waals surface area contributed by atoms with E-state index in [1.165, 1.54) is 23.0 Å². The molecule has 0 aromatic carbocycles. The van der Waals surface area contributed by atoms with Crippen molar-refractivity contribution in [2.75, 3.05) is 5.32 Å². The van der Waals surface area contributed by atoms with E-state index in [2.05, 4.69) is 25.6 Å². The maximum atomic E-state index is 12.9. The van der Waals surface area contributed by atoms with Gasteiger partial charge in [-0.1, -0.05) is 5.21 Å². The second-order valence-corrected chi connectivity index (χ2v) is 6.95. The average molecular weight is 399 g/mol. The van der Waals surface area contributed by atoms with E-state index in [9.17, 15) is 13.9 Å². The molecule has 3 heterocycles. The van der Waals surface area contributed by atoms with E-state index in [-0.39, 0.29) is 24.3 Å². The van der Waals surface area contributed by atoms with Crippen LogP contribution in [0.1, 0.15) is 30.9 Å². The van der Waals surface area contributed by atoms with Crippen molar-refractivity contribution in [2.45, 2.75) is 38.8 Å². The zero-order chi connectivity index (χ0) is 21.0. The highest BCUT2D eigenvalue weighted by Gasteiger charge is 2.22. The lowest BCUT2D eigenvalue weighted by Crippen LogP contribution is -2.30. The highest BCUT2D eigenvalue weighted by Crippen LogP contribution is 2.24. The Bertz CT molecular complexity index is 1040. The lowest BCUT2D eigenvalue weighted by Gasteiger charge is -2.18. The number of nitrogens with zero attached hydrogens (tertiary/aromatic N) is 6. The fourth-order valence-corrected chi connectivity index (χ4v) is 2.71. The highest BCUT2D eigenvalue weighted by molar-refractivity contribution is 5.61. The second-order valence-electron chi connectivity index (χ2n) is 6.95. The van der Waals surface area contributed by atoms with E-state index < -0.39 is 12.0 Å². The molecule has 0 fully saturated rings. The summed E-state index contributed by atoms with van der Waals surface area (Å²) < 4.78 is 27.2. The molecule has 29 heavy (non-hydrogen) atoms. The quantitative estimate of drug-likeness (QED) is 0.626. The van der Waals surface area contributed by atoms with Crippen molar-refractivity contribution in [2.24, 2.45) is 0 Å². The van der Waals surface area contributed by atoms with Gasteiger partial charge in [-0.2, -0.15) is 5.26 Å². The number of rotatable bonds is 7. The molecule has 0 saturated heterocycles. The minimum Gasteiger partial charge on any atom is -0.387 e. The molecule has 1 atom stereocenters. The molecular weight excluding hydrogens is 380 g/mol. The summed E-state index contributed by atoms with van der Waals surface area (Å²) in [7, 11) is 0. The molecule has 8 nitrogen and oxygen atoms in total. The van der Waals surface area contributed by atoms with E-state index in [0.717, 1.165) is 5.56 Å². The summed E-state index contributed by atoms with van der Waals surface area (Å²) in [5.41, 5.74) is 0.493. The highest BCUT2D eigenvalue weighted by atomic mass is 19.3. The van der Waals surface area contributed by atoms with Gasteiger partial charge in [0.1, 0.15) is 17.3 Å². The van der Waals surface area contributed by atoms with Crippen LogP contribution < -0.4 is 5.32 Å². The van der Waals surface area contributed by atoms with Crippen molar-refractivity contribution in [1.29, 1.82) is 5.26 Å². The fraction of sp³-hybridized carbons (Fsp3) is 0.316. The van der Waals surface area contributed by atoms with E-state index in [1.807, 2.05) is 13.0 Å². The summed E-state index contributed by atoms with van der Waals surface area (Å²) in [6.45, 7) is 3.52. The molecule has 10 heteroatoms. The Labute approximate surface area is 165 Å². The Kier molecular flexibility index (Phi) is 5.79. The van der Waals surface area contributed by atoms with Crippen LogP contribution in [0.15, 0.2) is 36.7 Å². The van der Waals surface area contributed by atoms with Gasteiger partial charge in [0.25, 0.3) is 6.43 Å². The molecule has 0 unspecified atom stereocenters. The van der Waals surface area contributed by atoms with Gasteiger partial charge in [0, 0.05) is 11.8 Å². The van der Waals surface area contributed by atoms with Crippen LogP contribution in [0, 0.1) is 18.3 Å². The molecule has 150 valence electrons. The number of hydrogen-bond acceptors (Lipinski definition) is 7. The Morgan fingerprint density at radius 2 is 2.07 bits per heavy atom.